The first-order valence-electron chi connectivity index (χ1n) is 14.6. The van der Waals surface area contributed by atoms with Gasteiger partial charge in [0.1, 0.15) is 29.9 Å². The zero-order valence-electron chi connectivity index (χ0n) is 24.6. The van der Waals surface area contributed by atoms with Crippen LogP contribution in [0.15, 0.2) is 30.9 Å². The van der Waals surface area contributed by atoms with E-state index in [1.165, 1.54) is 22.8 Å². The smallest absolute Gasteiger partial charge is 0.197 e. The molecule has 1 aliphatic heterocycles. The Balaban J connectivity index is 1.06. The predicted molar refractivity (Wildman–Crippen MR) is 157 cm³/mol. The van der Waals surface area contributed by atoms with Crippen LogP contribution in [0.25, 0.3) is 22.2 Å². The second-order valence-corrected chi connectivity index (χ2v) is 13.2. The minimum absolute atomic E-state index is 0.0673. The molecule has 3 aromatic heterocycles. The van der Waals surface area contributed by atoms with E-state index in [2.05, 4.69) is 77.7 Å². The Bertz CT molecular complexity index is 1540. The molecule has 41 heavy (non-hydrogen) atoms. The molecule has 220 valence electrons. The van der Waals surface area contributed by atoms with Crippen molar-refractivity contribution in [2.75, 3.05) is 18.9 Å². The molecule has 0 amide bonds. The first-order chi connectivity index (χ1) is 19.4. The molecule has 1 saturated heterocycles. The molecule has 11 heteroatoms. The number of hydrogen-bond donors (Lipinski definition) is 4. The van der Waals surface area contributed by atoms with Crippen LogP contribution in [-0.4, -0.2) is 82.0 Å². The number of aliphatic hydroxyl groups is 2. The van der Waals surface area contributed by atoms with Crippen molar-refractivity contribution in [1.82, 2.24) is 34.4 Å². The van der Waals surface area contributed by atoms with Gasteiger partial charge in [-0.15, -0.1) is 0 Å². The average molecular weight is 563 g/mol. The molecule has 11 nitrogen and oxygen atoms in total. The quantitative estimate of drug-likeness (QED) is 0.254. The van der Waals surface area contributed by atoms with E-state index in [0.717, 1.165) is 42.5 Å². The van der Waals surface area contributed by atoms with Crippen LogP contribution in [0.2, 0.25) is 0 Å². The fourth-order valence-corrected chi connectivity index (χ4v) is 6.39. The third-order valence-electron chi connectivity index (χ3n) is 9.04. The summed E-state index contributed by atoms with van der Waals surface area (Å²) in [6.45, 7) is 11.5. The number of hydrogen-bond acceptors (Lipinski definition) is 9. The standard InChI is InChI=1S/C30H42N8O3/c1-17(2)37(13-23-26(39)30(40,14-41-23)38-16-34-25-27(31)32-15-33-28(25)38)20-10-18(11-20)6-9-24-35-21-8-7-19(29(3,4)5)12-22(21)36-24/h7-8,12,15-18,20,23,26,39-40H,6,9-11,13-14H2,1-5H3,(H,35,36)(H2,31,32,33)/t18-,20+,23?,26-,30+/m1/s1. The number of nitrogens with two attached hydrogens (primary N) is 1. The van der Waals surface area contributed by atoms with Crippen molar-refractivity contribution in [2.24, 2.45) is 5.92 Å². The number of aromatic nitrogens is 6. The highest BCUT2D eigenvalue weighted by Crippen LogP contribution is 2.38. The number of nitrogens with one attached hydrogen (secondary N) is 1. The Morgan fingerprint density at radius 2 is 2.00 bits per heavy atom. The zero-order valence-corrected chi connectivity index (χ0v) is 24.6. The largest absolute Gasteiger partial charge is 0.385 e. The van der Waals surface area contributed by atoms with Crippen molar-refractivity contribution in [3.05, 3.63) is 42.2 Å². The molecule has 1 unspecified atom stereocenters. The fourth-order valence-electron chi connectivity index (χ4n) is 6.39. The summed E-state index contributed by atoms with van der Waals surface area (Å²) in [5.74, 6) is 1.91. The SMILES string of the molecule is CC(C)N(CC1OC[C@@](O)(n2cnc3c(N)ncnc32)[C@@H]1O)[C@H]1C[C@@H](CCc2nc3cc(C(C)(C)C)ccc3[nH]2)C1. The fraction of sp³-hybridized carbons (Fsp3) is 0.600. The first-order valence-corrected chi connectivity index (χ1v) is 14.6. The van der Waals surface area contributed by atoms with E-state index in [4.69, 9.17) is 15.5 Å². The third kappa shape index (κ3) is 5.09. The lowest BCUT2D eigenvalue weighted by molar-refractivity contribution is -0.110. The lowest BCUT2D eigenvalue weighted by Gasteiger charge is -2.46. The molecule has 1 saturated carbocycles. The van der Waals surface area contributed by atoms with Gasteiger partial charge in [-0.25, -0.2) is 19.9 Å². The molecule has 1 aliphatic carbocycles. The number of fused-ring (bicyclic) bond motifs is 2. The molecule has 4 aromatic rings. The highest BCUT2D eigenvalue weighted by molar-refractivity contribution is 5.81. The number of H-pyrrole nitrogens is 1. The summed E-state index contributed by atoms with van der Waals surface area (Å²) in [7, 11) is 0. The second-order valence-electron chi connectivity index (χ2n) is 13.2. The molecule has 3 atom stereocenters. The summed E-state index contributed by atoms with van der Waals surface area (Å²) in [5, 5.41) is 22.7. The van der Waals surface area contributed by atoms with Crippen molar-refractivity contribution in [1.29, 1.82) is 0 Å². The maximum absolute atomic E-state index is 11.5. The number of nitrogens with zero attached hydrogens (tertiary/aromatic N) is 6. The van der Waals surface area contributed by atoms with E-state index < -0.39 is 17.9 Å². The molecule has 1 aromatic carbocycles. The molecular formula is C30H42N8O3. The summed E-state index contributed by atoms with van der Waals surface area (Å²) < 4.78 is 7.45. The molecule has 0 spiro atoms. The topological polar surface area (TPSA) is 151 Å². The van der Waals surface area contributed by atoms with E-state index in [-0.39, 0.29) is 23.9 Å². The summed E-state index contributed by atoms with van der Waals surface area (Å²) in [5.41, 5.74) is 8.52. The van der Waals surface area contributed by atoms with Crippen LogP contribution in [0.1, 0.15) is 65.3 Å². The van der Waals surface area contributed by atoms with Crippen molar-refractivity contribution >= 4 is 28.0 Å². The van der Waals surface area contributed by atoms with Gasteiger partial charge in [-0.05, 0) is 62.1 Å². The number of aromatic amines is 1. The van der Waals surface area contributed by atoms with Gasteiger partial charge < -0.3 is 25.7 Å². The first kappa shape index (κ1) is 28.0. The summed E-state index contributed by atoms with van der Waals surface area (Å²) in [6.07, 6.45) is 5.28. The number of aryl methyl sites for hydroxylation is 1. The van der Waals surface area contributed by atoms with Crippen LogP contribution in [0.4, 0.5) is 5.82 Å². The van der Waals surface area contributed by atoms with Gasteiger partial charge in [0.2, 0.25) is 0 Å². The van der Waals surface area contributed by atoms with Gasteiger partial charge in [0, 0.05) is 25.0 Å². The molecule has 4 heterocycles. The average Bonchev–Trinajstić information content (AvgIpc) is 3.58. The van der Waals surface area contributed by atoms with E-state index in [0.29, 0.717) is 29.7 Å². The minimum Gasteiger partial charge on any atom is -0.385 e. The van der Waals surface area contributed by atoms with E-state index in [1.807, 2.05) is 0 Å². The Hall–Kier alpha value is -3.12. The molecule has 0 radical (unpaired) electrons. The van der Waals surface area contributed by atoms with Gasteiger partial charge in [0.25, 0.3) is 0 Å². The molecule has 0 bridgehead atoms. The van der Waals surface area contributed by atoms with Crippen LogP contribution in [0.5, 0.6) is 0 Å². The Kier molecular flexibility index (Phi) is 7.04. The van der Waals surface area contributed by atoms with E-state index in [9.17, 15) is 10.2 Å². The van der Waals surface area contributed by atoms with E-state index in [1.54, 1.807) is 0 Å². The number of imidazole rings is 2. The van der Waals surface area contributed by atoms with Gasteiger partial charge in [-0.3, -0.25) is 9.47 Å². The highest BCUT2D eigenvalue weighted by atomic mass is 16.5. The van der Waals surface area contributed by atoms with Crippen LogP contribution >= 0.6 is 0 Å². The summed E-state index contributed by atoms with van der Waals surface area (Å²) >= 11 is 0. The van der Waals surface area contributed by atoms with Gasteiger partial charge in [-0.2, -0.15) is 0 Å². The number of aliphatic hydroxyl groups excluding tert-OH is 1. The van der Waals surface area contributed by atoms with Crippen molar-refractivity contribution in [2.45, 2.75) is 95.7 Å². The molecule has 2 aliphatic rings. The van der Waals surface area contributed by atoms with Gasteiger partial charge in [0.05, 0.1) is 24.0 Å². The van der Waals surface area contributed by atoms with Gasteiger partial charge in [0.15, 0.2) is 17.2 Å². The summed E-state index contributed by atoms with van der Waals surface area (Å²) in [4.78, 5) is 23.2. The zero-order chi connectivity index (χ0) is 29.1. The van der Waals surface area contributed by atoms with Crippen LogP contribution in [-0.2, 0) is 22.3 Å². The monoisotopic (exact) mass is 562 g/mol. The Morgan fingerprint density at radius 3 is 2.73 bits per heavy atom. The highest BCUT2D eigenvalue weighted by Gasteiger charge is 2.51. The Morgan fingerprint density at radius 1 is 1.22 bits per heavy atom. The number of ether oxygens (including phenoxy) is 1. The molecular weight excluding hydrogens is 520 g/mol. The molecule has 5 N–H and O–H groups in total. The maximum Gasteiger partial charge on any atom is 0.197 e. The second kappa shape index (κ2) is 10.3. The lowest BCUT2D eigenvalue weighted by atomic mass is 9.76. The number of nitrogen functional groups attached to an aromatic ring is 1. The van der Waals surface area contributed by atoms with Crippen LogP contribution in [0, 0.1) is 5.92 Å². The molecule has 2 fully saturated rings. The summed E-state index contributed by atoms with van der Waals surface area (Å²) in [6, 6.07) is 7.23. The minimum atomic E-state index is -1.69. The van der Waals surface area contributed by atoms with E-state index >= 15 is 0 Å². The van der Waals surface area contributed by atoms with Crippen molar-refractivity contribution in [3.8, 4) is 0 Å². The molecule has 6 rings (SSSR count). The normalized spacial score (nSPS) is 27.0. The number of benzene rings is 1. The van der Waals surface area contributed by atoms with Crippen molar-refractivity contribution in [3.63, 3.8) is 0 Å². The van der Waals surface area contributed by atoms with Crippen LogP contribution < -0.4 is 5.73 Å². The van der Waals surface area contributed by atoms with Gasteiger partial charge >= 0.3 is 0 Å². The van der Waals surface area contributed by atoms with Crippen LogP contribution in [0.3, 0.4) is 0 Å². The van der Waals surface area contributed by atoms with Gasteiger partial charge in [-0.1, -0.05) is 26.8 Å². The predicted octanol–water partition coefficient (Wildman–Crippen LogP) is 3.11. The Labute approximate surface area is 240 Å². The third-order valence-corrected chi connectivity index (χ3v) is 9.04. The number of rotatable bonds is 8. The lowest BCUT2D eigenvalue weighted by Crippen LogP contribution is -2.54. The number of anilines is 1. The maximum atomic E-state index is 11.5. The van der Waals surface area contributed by atoms with Crippen molar-refractivity contribution < 1.29 is 14.9 Å².